The first-order chi connectivity index (χ1) is 8.09. The summed E-state index contributed by atoms with van der Waals surface area (Å²) in [5.41, 5.74) is 0. The highest BCUT2D eigenvalue weighted by molar-refractivity contribution is 7.92. The first-order valence-corrected chi connectivity index (χ1v) is 6.36. The van der Waals surface area contributed by atoms with Crippen molar-refractivity contribution < 1.29 is 8.42 Å². The van der Waals surface area contributed by atoms with Crippen molar-refractivity contribution in [3.8, 4) is 0 Å². The van der Waals surface area contributed by atoms with Crippen molar-refractivity contribution >= 4 is 27.4 Å². The fourth-order valence-corrected chi connectivity index (χ4v) is 2.54. The molecule has 0 spiro atoms. The molecule has 8 heteroatoms. The van der Waals surface area contributed by atoms with Gasteiger partial charge in [0.2, 0.25) is 0 Å². The highest BCUT2D eigenvalue weighted by Gasteiger charge is 2.18. The van der Waals surface area contributed by atoms with E-state index in [0.29, 0.717) is 0 Å². The Kier molecular flexibility index (Phi) is 3.21. The first-order valence-electron chi connectivity index (χ1n) is 4.49. The number of anilines is 1. The number of pyridine rings is 1. The quantitative estimate of drug-likeness (QED) is 0.909. The normalized spacial score (nSPS) is 11.1. The Bertz CT molecular complexity index is 618. The molecule has 0 unspecified atom stereocenters. The molecular formula is C9H7ClN4O2S. The third kappa shape index (κ3) is 2.69. The molecular weight excluding hydrogens is 264 g/mol. The van der Waals surface area contributed by atoms with Crippen molar-refractivity contribution in [2.75, 3.05) is 4.72 Å². The molecule has 6 nitrogen and oxygen atoms in total. The van der Waals surface area contributed by atoms with Crippen LogP contribution in [0.3, 0.4) is 0 Å². The summed E-state index contributed by atoms with van der Waals surface area (Å²) in [5.74, 6) is 0.118. The van der Waals surface area contributed by atoms with Crippen LogP contribution < -0.4 is 4.72 Å². The fourth-order valence-electron chi connectivity index (χ4n) is 1.11. The van der Waals surface area contributed by atoms with Crippen LogP contribution in [0, 0.1) is 0 Å². The Morgan fingerprint density at radius 2 is 2.06 bits per heavy atom. The minimum absolute atomic E-state index is 0.0939. The molecule has 88 valence electrons. The average Bonchev–Trinajstić information content (AvgIpc) is 2.30. The number of sulfonamides is 1. The van der Waals surface area contributed by atoms with Gasteiger partial charge in [0.25, 0.3) is 10.0 Å². The van der Waals surface area contributed by atoms with E-state index >= 15 is 0 Å². The number of aromatic nitrogens is 3. The van der Waals surface area contributed by atoms with Gasteiger partial charge in [0.1, 0.15) is 4.90 Å². The van der Waals surface area contributed by atoms with E-state index in [1.807, 2.05) is 0 Å². The first kappa shape index (κ1) is 11.7. The lowest BCUT2D eigenvalue weighted by Gasteiger charge is -2.06. The maximum absolute atomic E-state index is 11.9. The lowest BCUT2D eigenvalue weighted by atomic mass is 10.5. The van der Waals surface area contributed by atoms with Crippen LogP contribution in [-0.4, -0.2) is 23.6 Å². The van der Waals surface area contributed by atoms with E-state index in [2.05, 4.69) is 19.9 Å². The van der Waals surface area contributed by atoms with Gasteiger partial charge in [-0.05, 0) is 18.2 Å². The predicted molar refractivity (Wildman–Crippen MR) is 62.1 cm³/mol. The zero-order valence-corrected chi connectivity index (χ0v) is 9.98. The summed E-state index contributed by atoms with van der Waals surface area (Å²) < 4.78 is 26.1. The summed E-state index contributed by atoms with van der Waals surface area (Å²) in [4.78, 5) is 3.61. The third-order valence-electron chi connectivity index (χ3n) is 1.83. The number of hydrogen-bond donors (Lipinski definition) is 1. The van der Waals surface area contributed by atoms with Gasteiger partial charge in [-0.3, -0.25) is 9.71 Å². The van der Waals surface area contributed by atoms with Gasteiger partial charge in [-0.15, -0.1) is 5.10 Å². The Balaban J connectivity index is 2.36. The second kappa shape index (κ2) is 4.64. The highest BCUT2D eigenvalue weighted by atomic mass is 35.5. The predicted octanol–water partition coefficient (Wildman–Crippen LogP) is 1.33. The molecule has 0 radical (unpaired) electrons. The van der Waals surface area contributed by atoms with Gasteiger partial charge in [-0.1, -0.05) is 11.6 Å². The average molecular weight is 271 g/mol. The highest BCUT2D eigenvalue weighted by Crippen LogP contribution is 2.21. The van der Waals surface area contributed by atoms with Crippen LogP contribution in [0.5, 0.6) is 0 Å². The van der Waals surface area contributed by atoms with Crippen LogP contribution in [0.25, 0.3) is 0 Å². The Hall–Kier alpha value is -1.73. The molecule has 0 bridgehead atoms. The van der Waals surface area contributed by atoms with E-state index in [1.165, 1.54) is 30.7 Å². The van der Waals surface area contributed by atoms with Gasteiger partial charge in [-0.2, -0.15) is 5.10 Å². The zero-order chi connectivity index (χ0) is 12.3. The van der Waals surface area contributed by atoms with E-state index in [4.69, 9.17) is 11.6 Å². The van der Waals surface area contributed by atoms with Gasteiger partial charge < -0.3 is 0 Å². The van der Waals surface area contributed by atoms with Gasteiger partial charge in [-0.25, -0.2) is 8.42 Å². The van der Waals surface area contributed by atoms with E-state index in [1.54, 1.807) is 6.07 Å². The van der Waals surface area contributed by atoms with Gasteiger partial charge in [0, 0.05) is 18.6 Å². The maximum Gasteiger partial charge on any atom is 0.266 e. The molecule has 0 aliphatic heterocycles. The van der Waals surface area contributed by atoms with E-state index in [9.17, 15) is 8.42 Å². The molecule has 2 rings (SSSR count). The number of nitrogens with zero attached hydrogens (tertiary/aromatic N) is 3. The molecule has 0 fully saturated rings. The smallest absolute Gasteiger partial charge is 0.263 e. The Labute approximate surface area is 103 Å². The SMILES string of the molecule is O=S(=O)(Nc1cccnn1)c1cnccc1Cl. The van der Waals surface area contributed by atoms with E-state index in [-0.39, 0.29) is 15.7 Å². The monoisotopic (exact) mass is 270 g/mol. The number of rotatable bonds is 3. The van der Waals surface area contributed by atoms with Gasteiger partial charge >= 0.3 is 0 Å². The number of hydrogen-bond acceptors (Lipinski definition) is 5. The summed E-state index contributed by atoms with van der Waals surface area (Å²) >= 11 is 5.78. The minimum atomic E-state index is -3.79. The molecule has 0 saturated carbocycles. The largest absolute Gasteiger partial charge is 0.266 e. The lowest BCUT2D eigenvalue weighted by molar-refractivity contribution is 0.600. The van der Waals surface area contributed by atoms with Crippen LogP contribution in [0.2, 0.25) is 5.02 Å². The molecule has 2 heterocycles. The molecule has 2 aromatic rings. The van der Waals surface area contributed by atoms with Crippen molar-refractivity contribution in [1.29, 1.82) is 0 Å². The second-order valence-electron chi connectivity index (χ2n) is 3.02. The third-order valence-corrected chi connectivity index (χ3v) is 3.66. The molecule has 0 aliphatic rings. The standard InChI is InChI=1S/C9H7ClN4O2S/c10-7-3-5-11-6-8(7)17(15,16)14-9-2-1-4-12-13-9/h1-6H,(H,13,14). The molecule has 2 aromatic heterocycles. The minimum Gasteiger partial charge on any atom is -0.263 e. The van der Waals surface area contributed by atoms with Crippen molar-refractivity contribution in [2.24, 2.45) is 0 Å². The zero-order valence-electron chi connectivity index (χ0n) is 8.41. The van der Waals surface area contributed by atoms with Crippen molar-refractivity contribution in [2.45, 2.75) is 4.90 Å². The molecule has 0 atom stereocenters. The van der Waals surface area contributed by atoms with Crippen molar-refractivity contribution in [3.63, 3.8) is 0 Å². The summed E-state index contributed by atoms with van der Waals surface area (Å²) in [6.07, 6.45) is 4.01. The van der Waals surface area contributed by atoms with Gasteiger partial charge in [0.05, 0.1) is 5.02 Å². The number of nitrogens with one attached hydrogen (secondary N) is 1. The fraction of sp³-hybridized carbons (Fsp3) is 0. The molecule has 0 aromatic carbocycles. The molecule has 0 aliphatic carbocycles. The van der Waals surface area contributed by atoms with Crippen LogP contribution in [0.15, 0.2) is 41.7 Å². The van der Waals surface area contributed by atoms with Crippen LogP contribution in [0.4, 0.5) is 5.82 Å². The molecule has 17 heavy (non-hydrogen) atoms. The number of halogens is 1. The van der Waals surface area contributed by atoms with Crippen LogP contribution >= 0.6 is 11.6 Å². The molecule has 0 saturated heterocycles. The molecule has 0 amide bonds. The topological polar surface area (TPSA) is 84.8 Å². The van der Waals surface area contributed by atoms with Crippen LogP contribution in [0.1, 0.15) is 0 Å². The van der Waals surface area contributed by atoms with E-state index in [0.717, 1.165) is 0 Å². The Morgan fingerprint density at radius 1 is 1.24 bits per heavy atom. The Morgan fingerprint density at radius 3 is 2.71 bits per heavy atom. The maximum atomic E-state index is 11.9. The lowest BCUT2D eigenvalue weighted by Crippen LogP contribution is -2.14. The molecule has 1 N–H and O–H groups in total. The van der Waals surface area contributed by atoms with Crippen LogP contribution in [-0.2, 0) is 10.0 Å². The van der Waals surface area contributed by atoms with E-state index < -0.39 is 10.0 Å². The van der Waals surface area contributed by atoms with Gasteiger partial charge in [0.15, 0.2) is 5.82 Å². The van der Waals surface area contributed by atoms with Crippen molar-refractivity contribution in [3.05, 3.63) is 41.8 Å². The summed E-state index contributed by atoms with van der Waals surface area (Å²) in [6, 6.07) is 4.44. The summed E-state index contributed by atoms with van der Waals surface area (Å²) in [7, 11) is -3.79. The summed E-state index contributed by atoms with van der Waals surface area (Å²) in [6.45, 7) is 0. The summed E-state index contributed by atoms with van der Waals surface area (Å²) in [5, 5.41) is 7.27. The second-order valence-corrected chi connectivity index (χ2v) is 5.08. The van der Waals surface area contributed by atoms with Crippen molar-refractivity contribution in [1.82, 2.24) is 15.2 Å².